The summed E-state index contributed by atoms with van der Waals surface area (Å²) in [6.07, 6.45) is 3.09. The molecule has 24 heavy (non-hydrogen) atoms. The number of nitrogens with one attached hydrogen (secondary N) is 1. The Kier molecular flexibility index (Phi) is 6.53. The van der Waals surface area contributed by atoms with Crippen LogP contribution in [0.5, 0.6) is 11.5 Å². The maximum atomic E-state index is 11.9. The van der Waals surface area contributed by atoms with Crippen molar-refractivity contribution in [2.45, 2.75) is 6.54 Å². The molecule has 0 unspecified atom stereocenters. The van der Waals surface area contributed by atoms with Gasteiger partial charge in [0.1, 0.15) is 0 Å². The quantitative estimate of drug-likeness (QED) is 0.774. The summed E-state index contributed by atoms with van der Waals surface area (Å²) in [5.41, 5.74) is 1.51. The molecular weight excluding hydrogens is 349 g/mol. The molecule has 6 heteroatoms. The van der Waals surface area contributed by atoms with Crippen LogP contribution >= 0.6 is 23.2 Å². The zero-order valence-electron chi connectivity index (χ0n) is 13.3. The van der Waals surface area contributed by atoms with Gasteiger partial charge in [0.2, 0.25) is 5.91 Å². The molecule has 0 saturated carbocycles. The highest BCUT2D eigenvalue weighted by Gasteiger charge is 2.10. The van der Waals surface area contributed by atoms with Crippen molar-refractivity contribution in [3.63, 3.8) is 0 Å². The molecule has 0 spiro atoms. The van der Waals surface area contributed by atoms with Crippen LogP contribution in [0.4, 0.5) is 0 Å². The topological polar surface area (TPSA) is 47.6 Å². The summed E-state index contributed by atoms with van der Waals surface area (Å²) in [7, 11) is 3.08. The van der Waals surface area contributed by atoms with Crippen molar-refractivity contribution >= 4 is 35.2 Å². The summed E-state index contributed by atoms with van der Waals surface area (Å²) in [6, 6.07) is 10.7. The second kappa shape index (κ2) is 8.62. The van der Waals surface area contributed by atoms with Gasteiger partial charge in [-0.1, -0.05) is 41.4 Å². The minimum absolute atomic E-state index is 0.249. The molecule has 1 amide bonds. The Balaban J connectivity index is 2.03. The average molecular weight is 366 g/mol. The fourth-order valence-corrected chi connectivity index (χ4v) is 2.47. The number of amides is 1. The van der Waals surface area contributed by atoms with Crippen LogP contribution < -0.4 is 14.8 Å². The highest BCUT2D eigenvalue weighted by molar-refractivity contribution is 6.32. The molecule has 0 aliphatic heterocycles. The first kappa shape index (κ1) is 18.2. The Morgan fingerprint density at radius 2 is 1.75 bits per heavy atom. The third kappa shape index (κ3) is 4.66. The van der Waals surface area contributed by atoms with Crippen LogP contribution in [0.3, 0.4) is 0 Å². The predicted molar refractivity (Wildman–Crippen MR) is 96.9 cm³/mol. The highest BCUT2D eigenvalue weighted by atomic mass is 35.5. The van der Waals surface area contributed by atoms with E-state index in [-0.39, 0.29) is 12.5 Å². The zero-order valence-corrected chi connectivity index (χ0v) is 14.8. The number of carbonyl (C=O) groups is 1. The predicted octanol–water partition coefficient (Wildman–Crippen LogP) is 4.34. The molecule has 0 fully saturated rings. The summed E-state index contributed by atoms with van der Waals surface area (Å²) in [4.78, 5) is 11.9. The van der Waals surface area contributed by atoms with Crippen molar-refractivity contribution in [2.75, 3.05) is 14.2 Å². The molecule has 1 N–H and O–H groups in total. The lowest BCUT2D eigenvalue weighted by atomic mass is 10.2. The van der Waals surface area contributed by atoms with Gasteiger partial charge in [-0.2, -0.15) is 0 Å². The molecule has 2 rings (SSSR count). The molecule has 0 aliphatic rings. The largest absolute Gasteiger partial charge is 0.493 e. The molecule has 4 nitrogen and oxygen atoms in total. The van der Waals surface area contributed by atoms with Crippen molar-refractivity contribution in [3.8, 4) is 11.5 Å². The number of rotatable bonds is 6. The van der Waals surface area contributed by atoms with Gasteiger partial charge in [-0.05, 0) is 29.3 Å². The second-order valence-corrected chi connectivity index (χ2v) is 5.69. The van der Waals surface area contributed by atoms with Gasteiger partial charge >= 0.3 is 0 Å². The van der Waals surface area contributed by atoms with Crippen molar-refractivity contribution in [1.82, 2.24) is 5.32 Å². The molecule has 2 aromatic rings. The third-order valence-electron chi connectivity index (χ3n) is 3.33. The molecular formula is C18H17Cl2NO3. The number of hydrogen-bond acceptors (Lipinski definition) is 3. The highest BCUT2D eigenvalue weighted by Crippen LogP contribution is 2.32. The number of ether oxygens (including phenoxy) is 2. The zero-order chi connectivity index (χ0) is 17.5. The molecule has 126 valence electrons. The van der Waals surface area contributed by atoms with E-state index in [2.05, 4.69) is 5.32 Å². The van der Waals surface area contributed by atoms with Crippen LogP contribution in [0.2, 0.25) is 10.0 Å². The summed E-state index contributed by atoms with van der Waals surface area (Å²) >= 11 is 12.2. The van der Waals surface area contributed by atoms with Gasteiger partial charge in [-0.3, -0.25) is 4.79 Å². The van der Waals surface area contributed by atoms with E-state index in [0.29, 0.717) is 21.5 Å². The van der Waals surface area contributed by atoms with Crippen LogP contribution in [0, 0.1) is 0 Å². The summed E-state index contributed by atoms with van der Waals surface area (Å²) in [6.45, 7) is 0.269. The van der Waals surface area contributed by atoms with Gasteiger partial charge in [0, 0.05) is 28.7 Å². The SMILES string of the molecule is COc1cc(Cl)c(CNC(=O)/C=C/c2ccccc2Cl)cc1OC. The normalized spacial score (nSPS) is 10.7. The fraction of sp³-hybridized carbons (Fsp3) is 0.167. The minimum Gasteiger partial charge on any atom is -0.493 e. The number of methoxy groups -OCH3 is 2. The molecule has 0 aliphatic carbocycles. The fourth-order valence-electron chi connectivity index (χ4n) is 2.05. The van der Waals surface area contributed by atoms with Gasteiger partial charge in [-0.25, -0.2) is 0 Å². The maximum Gasteiger partial charge on any atom is 0.244 e. The van der Waals surface area contributed by atoms with Crippen molar-refractivity contribution in [2.24, 2.45) is 0 Å². The number of hydrogen-bond donors (Lipinski definition) is 1. The van der Waals surface area contributed by atoms with Crippen molar-refractivity contribution in [1.29, 1.82) is 0 Å². The molecule has 0 atom stereocenters. The summed E-state index contributed by atoms with van der Waals surface area (Å²) in [5.74, 6) is 0.842. The van der Waals surface area contributed by atoms with Gasteiger partial charge < -0.3 is 14.8 Å². The molecule has 0 radical (unpaired) electrons. The lowest BCUT2D eigenvalue weighted by Crippen LogP contribution is -2.20. The smallest absolute Gasteiger partial charge is 0.244 e. The van der Waals surface area contributed by atoms with Gasteiger partial charge in [0.15, 0.2) is 11.5 Å². The van der Waals surface area contributed by atoms with E-state index in [0.717, 1.165) is 11.1 Å². The maximum absolute atomic E-state index is 11.9. The lowest BCUT2D eigenvalue weighted by Gasteiger charge is -2.12. The first-order chi connectivity index (χ1) is 11.5. The van der Waals surface area contributed by atoms with E-state index < -0.39 is 0 Å². The van der Waals surface area contributed by atoms with Crippen LogP contribution in [-0.2, 0) is 11.3 Å². The van der Waals surface area contributed by atoms with Crippen molar-refractivity contribution in [3.05, 3.63) is 63.6 Å². The van der Waals surface area contributed by atoms with E-state index in [1.807, 2.05) is 18.2 Å². The van der Waals surface area contributed by atoms with Gasteiger partial charge in [0.05, 0.1) is 14.2 Å². The molecule has 0 saturated heterocycles. The summed E-state index contributed by atoms with van der Waals surface area (Å²) in [5, 5.41) is 3.85. The number of benzene rings is 2. The van der Waals surface area contributed by atoms with Gasteiger partial charge in [0.25, 0.3) is 0 Å². The van der Waals surface area contributed by atoms with E-state index >= 15 is 0 Å². The molecule has 2 aromatic carbocycles. The Bertz CT molecular complexity index is 760. The first-order valence-corrected chi connectivity index (χ1v) is 7.91. The lowest BCUT2D eigenvalue weighted by molar-refractivity contribution is -0.116. The van der Waals surface area contributed by atoms with Crippen LogP contribution in [-0.4, -0.2) is 20.1 Å². The second-order valence-electron chi connectivity index (χ2n) is 4.87. The Morgan fingerprint density at radius 3 is 2.42 bits per heavy atom. The van der Waals surface area contributed by atoms with Crippen molar-refractivity contribution < 1.29 is 14.3 Å². The third-order valence-corrected chi connectivity index (χ3v) is 4.02. The molecule has 0 bridgehead atoms. The summed E-state index contributed by atoms with van der Waals surface area (Å²) < 4.78 is 10.4. The van der Waals surface area contributed by atoms with Crippen LogP contribution in [0.25, 0.3) is 6.08 Å². The van der Waals surface area contributed by atoms with Gasteiger partial charge in [-0.15, -0.1) is 0 Å². The molecule has 0 heterocycles. The van der Waals surface area contributed by atoms with E-state index in [1.165, 1.54) is 13.2 Å². The van der Waals surface area contributed by atoms with E-state index in [4.69, 9.17) is 32.7 Å². The standard InChI is InChI=1S/C18H17Cl2NO3/c1-23-16-9-13(15(20)10-17(16)24-2)11-21-18(22)8-7-12-5-3-4-6-14(12)19/h3-10H,11H2,1-2H3,(H,21,22)/b8-7+. The van der Waals surface area contributed by atoms with E-state index in [1.54, 1.807) is 31.4 Å². The first-order valence-electron chi connectivity index (χ1n) is 7.16. The average Bonchev–Trinajstić information content (AvgIpc) is 2.59. The van der Waals surface area contributed by atoms with Crippen LogP contribution in [0.1, 0.15) is 11.1 Å². The Hall–Kier alpha value is -2.17. The Labute approximate surface area is 151 Å². The Morgan fingerprint density at radius 1 is 1.08 bits per heavy atom. The van der Waals surface area contributed by atoms with E-state index in [9.17, 15) is 4.79 Å². The monoisotopic (exact) mass is 365 g/mol. The molecule has 0 aromatic heterocycles. The minimum atomic E-state index is -0.249. The number of halogens is 2. The van der Waals surface area contributed by atoms with Crippen LogP contribution in [0.15, 0.2) is 42.5 Å². The number of carbonyl (C=O) groups excluding carboxylic acids is 1.